The Morgan fingerprint density at radius 1 is 1.28 bits per heavy atom. The molecule has 3 aromatic rings. The Morgan fingerprint density at radius 2 is 2.14 bits per heavy atom. The predicted molar refractivity (Wildman–Crippen MR) is 105 cm³/mol. The van der Waals surface area contributed by atoms with E-state index in [2.05, 4.69) is 15.3 Å². The molecule has 1 aliphatic rings. The van der Waals surface area contributed by atoms with E-state index < -0.39 is 5.82 Å². The van der Waals surface area contributed by atoms with Crippen molar-refractivity contribution in [1.82, 2.24) is 15.3 Å². The fraction of sp³-hybridized carbons (Fsp3) is 0.227. The first-order valence-corrected chi connectivity index (χ1v) is 9.43. The second kappa shape index (κ2) is 7.87. The summed E-state index contributed by atoms with van der Waals surface area (Å²) >= 11 is 0. The molecule has 2 aromatic heterocycles. The number of nitrogens with zero attached hydrogens (tertiary/aromatic N) is 1. The van der Waals surface area contributed by atoms with Crippen molar-refractivity contribution < 1.29 is 18.7 Å². The smallest absolute Gasteiger partial charge is 0.268 e. The fourth-order valence-electron chi connectivity index (χ4n) is 3.56. The predicted octanol–water partition coefficient (Wildman–Crippen LogP) is 4.10. The van der Waals surface area contributed by atoms with Crippen LogP contribution in [0.25, 0.3) is 0 Å². The van der Waals surface area contributed by atoms with Crippen molar-refractivity contribution in [3.63, 3.8) is 0 Å². The molecular weight excluding hydrogens is 373 g/mol. The van der Waals surface area contributed by atoms with Crippen LogP contribution in [-0.4, -0.2) is 21.7 Å². The summed E-state index contributed by atoms with van der Waals surface area (Å²) in [6, 6.07) is 9.28. The number of ketones is 1. The van der Waals surface area contributed by atoms with Gasteiger partial charge < -0.3 is 15.0 Å². The van der Waals surface area contributed by atoms with Crippen molar-refractivity contribution in [2.75, 3.05) is 0 Å². The number of hydrogen-bond acceptors (Lipinski definition) is 4. The Morgan fingerprint density at radius 3 is 2.93 bits per heavy atom. The van der Waals surface area contributed by atoms with Crippen molar-refractivity contribution in [2.45, 2.75) is 32.7 Å². The molecule has 0 saturated carbocycles. The Kier molecular flexibility index (Phi) is 5.12. The number of rotatable bonds is 5. The summed E-state index contributed by atoms with van der Waals surface area (Å²) in [5.74, 6) is -0.0184. The maximum Gasteiger partial charge on any atom is 0.268 e. The van der Waals surface area contributed by atoms with Crippen LogP contribution in [0.1, 0.15) is 50.5 Å². The van der Waals surface area contributed by atoms with E-state index in [-0.39, 0.29) is 24.1 Å². The van der Waals surface area contributed by atoms with E-state index in [0.717, 1.165) is 18.5 Å². The van der Waals surface area contributed by atoms with Gasteiger partial charge in [0.2, 0.25) is 5.88 Å². The van der Waals surface area contributed by atoms with Gasteiger partial charge in [-0.3, -0.25) is 9.59 Å². The van der Waals surface area contributed by atoms with Gasteiger partial charge in [0.1, 0.15) is 17.3 Å². The minimum Gasteiger partial charge on any atom is -0.439 e. The number of Topliss-reactive ketones (excluding diaryl/α,β-unsaturated/α-hetero) is 1. The van der Waals surface area contributed by atoms with E-state index in [1.54, 1.807) is 37.4 Å². The van der Waals surface area contributed by atoms with E-state index in [1.165, 1.54) is 12.1 Å². The number of hydrogen-bond donors (Lipinski definition) is 2. The number of carbonyl (C=O) groups is 2. The van der Waals surface area contributed by atoms with Gasteiger partial charge in [-0.05, 0) is 43.5 Å². The highest BCUT2D eigenvalue weighted by atomic mass is 19.1. The third-order valence-corrected chi connectivity index (χ3v) is 4.96. The zero-order valence-electron chi connectivity index (χ0n) is 15.9. The molecule has 1 aliphatic carbocycles. The van der Waals surface area contributed by atoms with Crippen LogP contribution in [0.15, 0.2) is 42.6 Å². The van der Waals surface area contributed by atoms with E-state index in [1.807, 2.05) is 0 Å². The van der Waals surface area contributed by atoms with Gasteiger partial charge >= 0.3 is 0 Å². The molecule has 7 heteroatoms. The molecule has 6 nitrogen and oxygen atoms in total. The molecule has 148 valence electrons. The first-order valence-electron chi connectivity index (χ1n) is 9.43. The molecular formula is C22H20FN3O3. The van der Waals surface area contributed by atoms with Gasteiger partial charge in [0.25, 0.3) is 5.91 Å². The Balaban J connectivity index is 1.50. The molecule has 0 atom stereocenters. The van der Waals surface area contributed by atoms with E-state index >= 15 is 0 Å². The molecule has 0 aliphatic heterocycles. The third-order valence-electron chi connectivity index (χ3n) is 4.96. The summed E-state index contributed by atoms with van der Waals surface area (Å²) in [5, 5.41) is 2.84. The van der Waals surface area contributed by atoms with Crippen molar-refractivity contribution >= 4 is 11.7 Å². The van der Waals surface area contributed by atoms with Gasteiger partial charge in [-0.25, -0.2) is 9.37 Å². The first-order chi connectivity index (χ1) is 14.0. The number of ether oxygens (including phenoxy) is 1. The molecule has 29 heavy (non-hydrogen) atoms. The minimum absolute atomic E-state index is 0.0806. The topological polar surface area (TPSA) is 84.1 Å². The summed E-state index contributed by atoms with van der Waals surface area (Å²) in [6.07, 6.45) is 3.64. The Bertz CT molecular complexity index is 1090. The number of fused-ring (bicyclic) bond motifs is 1. The summed E-state index contributed by atoms with van der Waals surface area (Å²) in [7, 11) is 0. The number of aromatic amines is 1. The monoisotopic (exact) mass is 393 g/mol. The molecule has 0 fully saturated rings. The number of halogens is 1. The number of aromatic nitrogens is 2. The number of aryl methyl sites for hydroxylation is 1. The largest absolute Gasteiger partial charge is 0.439 e. The van der Waals surface area contributed by atoms with E-state index in [0.29, 0.717) is 34.6 Å². The van der Waals surface area contributed by atoms with Crippen molar-refractivity contribution in [3.8, 4) is 11.6 Å². The highest BCUT2D eigenvalue weighted by Gasteiger charge is 2.26. The molecule has 0 saturated heterocycles. The normalized spacial score (nSPS) is 13.1. The van der Waals surface area contributed by atoms with Gasteiger partial charge in [-0.2, -0.15) is 0 Å². The molecule has 0 radical (unpaired) electrons. The molecule has 2 heterocycles. The Labute approximate surface area is 167 Å². The van der Waals surface area contributed by atoms with Gasteiger partial charge in [0.05, 0.1) is 0 Å². The summed E-state index contributed by atoms with van der Waals surface area (Å²) in [5.41, 5.74) is 3.22. The average molecular weight is 393 g/mol. The maximum atomic E-state index is 13.4. The number of nitrogens with one attached hydrogen (secondary N) is 2. The average Bonchev–Trinajstić information content (AvgIpc) is 3.05. The van der Waals surface area contributed by atoms with Crippen LogP contribution in [0, 0.1) is 12.7 Å². The van der Waals surface area contributed by atoms with Crippen molar-refractivity contribution in [2.24, 2.45) is 0 Å². The molecule has 1 aromatic carbocycles. The Hall–Kier alpha value is -3.48. The summed E-state index contributed by atoms with van der Waals surface area (Å²) in [4.78, 5) is 32.2. The van der Waals surface area contributed by atoms with Gasteiger partial charge in [-0.1, -0.05) is 12.1 Å². The maximum absolute atomic E-state index is 13.4. The van der Waals surface area contributed by atoms with Gasteiger partial charge in [0, 0.05) is 42.0 Å². The number of benzene rings is 1. The lowest BCUT2D eigenvalue weighted by atomic mass is 9.94. The van der Waals surface area contributed by atoms with Crippen LogP contribution in [-0.2, 0) is 13.0 Å². The van der Waals surface area contributed by atoms with Crippen LogP contribution < -0.4 is 10.1 Å². The van der Waals surface area contributed by atoms with E-state index in [4.69, 9.17) is 4.74 Å². The number of amides is 1. The fourth-order valence-corrected chi connectivity index (χ4v) is 3.56. The molecule has 4 rings (SSSR count). The number of H-pyrrole nitrogens is 1. The molecule has 2 N–H and O–H groups in total. The lowest BCUT2D eigenvalue weighted by Gasteiger charge is -2.11. The first kappa shape index (κ1) is 18.9. The lowest BCUT2D eigenvalue weighted by Crippen LogP contribution is -2.24. The molecule has 0 unspecified atom stereocenters. The van der Waals surface area contributed by atoms with Crippen molar-refractivity contribution in [3.05, 3.63) is 76.5 Å². The quantitative estimate of drug-likeness (QED) is 0.684. The van der Waals surface area contributed by atoms with Crippen LogP contribution >= 0.6 is 0 Å². The zero-order chi connectivity index (χ0) is 20.4. The second-order valence-corrected chi connectivity index (χ2v) is 6.97. The standard InChI is InChI=1S/C22H20FN3O3/c1-13-19-17(8-3-9-18(19)27)26-20(13)21(28)25-12-14-5-4-10-24-22(14)29-16-7-2-6-15(23)11-16/h2,4-7,10-11,26H,3,8-9,12H2,1H3,(H,25,28). The van der Waals surface area contributed by atoms with Crippen LogP contribution in [0.4, 0.5) is 4.39 Å². The van der Waals surface area contributed by atoms with Gasteiger partial charge in [-0.15, -0.1) is 0 Å². The molecule has 0 spiro atoms. The summed E-state index contributed by atoms with van der Waals surface area (Å²) < 4.78 is 19.1. The second-order valence-electron chi connectivity index (χ2n) is 6.97. The van der Waals surface area contributed by atoms with Crippen LogP contribution in [0.2, 0.25) is 0 Å². The highest BCUT2D eigenvalue weighted by molar-refractivity contribution is 6.04. The SMILES string of the molecule is Cc1c(C(=O)NCc2cccnc2Oc2cccc(F)c2)[nH]c2c1C(=O)CCC2. The number of carbonyl (C=O) groups excluding carboxylic acids is 2. The lowest BCUT2D eigenvalue weighted by molar-refractivity contribution is 0.0944. The number of pyridine rings is 1. The molecule has 0 bridgehead atoms. The zero-order valence-corrected chi connectivity index (χ0v) is 15.9. The molecule has 1 amide bonds. The van der Waals surface area contributed by atoms with Crippen LogP contribution in [0.3, 0.4) is 0 Å². The van der Waals surface area contributed by atoms with Crippen LogP contribution in [0.5, 0.6) is 11.6 Å². The minimum atomic E-state index is -0.408. The third kappa shape index (κ3) is 3.89. The summed E-state index contributed by atoms with van der Waals surface area (Å²) in [6.45, 7) is 1.96. The highest BCUT2D eigenvalue weighted by Crippen LogP contribution is 2.27. The van der Waals surface area contributed by atoms with Crippen molar-refractivity contribution in [1.29, 1.82) is 0 Å². The van der Waals surface area contributed by atoms with Gasteiger partial charge in [0.15, 0.2) is 5.78 Å². The van der Waals surface area contributed by atoms with E-state index in [9.17, 15) is 14.0 Å².